The second-order valence-electron chi connectivity index (χ2n) is 6.09. The highest BCUT2D eigenvalue weighted by Crippen LogP contribution is 2.53. The Morgan fingerprint density at radius 2 is 1.74 bits per heavy atom. The predicted molar refractivity (Wildman–Crippen MR) is 84.1 cm³/mol. The summed E-state index contributed by atoms with van der Waals surface area (Å²) in [6, 6.07) is 0. The molecule has 0 radical (unpaired) electrons. The number of carbonyl (C=O) groups excluding carboxylic acids is 2. The van der Waals surface area contributed by atoms with E-state index in [0.29, 0.717) is 26.1 Å². The van der Waals surface area contributed by atoms with Crippen LogP contribution in [0.2, 0.25) is 0 Å². The topological polar surface area (TPSA) is 88.1 Å². The molecule has 0 N–H and O–H groups in total. The maximum atomic E-state index is 12.2. The fourth-order valence-corrected chi connectivity index (χ4v) is 3.56. The minimum atomic E-state index is -3.18. The summed E-state index contributed by atoms with van der Waals surface area (Å²) in [5.74, 6) is -0.914. The van der Waals surface area contributed by atoms with Gasteiger partial charge >= 0.3 is 19.5 Å². The van der Waals surface area contributed by atoms with Gasteiger partial charge in [-0.25, -0.2) is 4.79 Å². The minimum absolute atomic E-state index is 0.0108. The first-order valence-corrected chi connectivity index (χ1v) is 9.32. The van der Waals surface area contributed by atoms with E-state index in [-0.39, 0.29) is 31.2 Å². The summed E-state index contributed by atoms with van der Waals surface area (Å²) in [5, 5.41) is 0. The molecule has 0 amide bonds. The van der Waals surface area contributed by atoms with E-state index in [9.17, 15) is 14.2 Å². The summed E-state index contributed by atoms with van der Waals surface area (Å²) in [6.07, 6.45) is 2.28. The van der Waals surface area contributed by atoms with Gasteiger partial charge in [0.1, 0.15) is 0 Å². The lowest BCUT2D eigenvalue weighted by atomic mass is 9.97. The van der Waals surface area contributed by atoms with Gasteiger partial charge in [0.2, 0.25) is 0 Å². The Morgan fingerprint density at radius 1 is 1.17 bits per heavy atom. The Bertz CT molecular complexity index is 458. The molecule has 0 saturated carbocycles. The van der Waals surface area contributed by atoms with E-state index in [4.69, 9.17) is 18.5 Å². The van der Waals surface area contributed by atoms with Crippen molar-refractivity contribution in [3.63, 3.8) is 0 Å². The fourth-order valence-electron chi connectivity index (χ4n) is 1.68. The summed E-state index contributed by atoms with van der Waals surface area (Å²) in [5.41, 5.74) is -0.163. The molecule has 1 aliphatic heterocycles. The van der Waals surface area contributed by atoms with Crippen molar-refractivity contribution in [2.24, 2.45) is 5.41 Å². The monoisotopic (exact) mass is 348 g/mol. The van der Waals surface area contributed by atoms with E-state index in [1.807, 2.05) is 13.8 Å². The molecule has 1 heterocycles. The molecular formula is C15H25O7P. The van der Waals surface area contributed by atoms with Crippen molar-refractivity contribution in [3.05, 3.63) is 12.7 Å². The maximum absolute atomic E-state index is 12.2. The van der Waals surface area contributed by atoms with Crippen LogP contribution < -0.4 is 0 Å². The van der Waals surface area contributed by atoms with Crippen molar-refractivity contribution in [2.75, 3.05) is 32.6 Å². The third-order valence-electron chi connectivity index (χ3n) is 3.11. The average molecular weight is 348 g/mol. The quantitative estimate of drug-likeness (QED) is 0.274. The highest BCUT2D eigenvalue weighted by Gasteiger charge is 2.36. The first-order valence-electron chi connectivity index (χ1n) is 7.59. The highest BCUT2D eigenvalue weighted by atomic mass is 31.2. The molecule has 0 unspecified atom stereocenters. The van der Waals surface area contributed by atoms with Gasteiger partial charge in [-0.1, -0.05) is 20.4 Å². The predicted octanol–water partition coefficient (Wildman–Crippen LogP) is 2.70. The number of ether oxygens (including phenoxy) is 2. The van der Waals surface area contributed by atoms with Crippen molar-refractivity contribution in [1.29, 1.82) is 0 Å². The van der Waals surface area contributed by atoms with Gasteiger partial charge in [0.25, 0.3) is 0 Å². The summed E-state index contributed by atoms with van der Waals surface area (Å²) in [4.78, 5) is 22.4. The molecule has 1 rings (SSSR count). The van der Waals surface area contributed by atoms with Crippen molar-refractivity contribution in [1.82, 2.24) is 0 Å². The molecule has 23 heavy (non-hydrogen) atoms. The lowest BCUT2D eigenvalue weighted by molar-refractivity contribution is -0.144. The molecule has 132 valence electrons. The normalized spacial score (nSPS) is 18.9. The van der Waals surface area contributed by atoms with Crippen LogP contribution in [0.3, 0.4) is 0 Å². The van der Waals surface area contributed by atoms with Crippen LogP contribution in [0, 0.1) is 5.41 Å². The zero-order chi connectivity index (χ0) is 17.3. The van der Waals surface area contributed by atoms with Gasteiger partial charge in [0, 0.05) is 11.5 Å². The smallest absolute Gasteiger partial charge is 0.331 e. The number of hydrogen-bond donors (Lipinski definition) is 0. The van der Waals surface area contributed by atoms with Crippen molar-refractivity contribution in [3.8, 4) is 0 Å². The fraction of sp³-hybridized carbons (Fsp3) is 0.733. The van der Waals surface area contributed by atoms with Gasteiger partial charge in [-0.2, -0.15) is 0 Å². The molecular weight excluding hydrogens is 323 g/mol. The second kappa shape index (κ2) is 9.21. The molecule has 0 aromatic carbocycles. The Kier molecular flexibility index (Phi) is 7.95. The highest BCUT2D eigenvalue weighted by molar-refractivity contribution is 7.53. The van der Waals surface area contributed by atoms with Gasteiger partial charge in [-0.05, 0) is 12.8 Å². The number of unbranched alkanes of at least 4 members (excludes halogenated alkanes) is 1. The Morgan fingerprint density at radius 3 is 2.30 bits per heavy atom. The van der Waals surface area contributed by atoms with Crippen LogP contribution in [0.15, 0.2) is 12.7 Å². The molecule has 1 aliphatic rings. The first kappa shape index (κ1) is 19.9. The molecule has 7 nitrogen and oxygen atoms in total. The lowest BCUT2D eigenvalue weighted by Crippen LogP contribution is -2.30. The molecule has 0 aromatic rings. The van der Waals surface area contributed by atoms with E-state index >= 15 is 0 Å². The largest absolute Gasteiger partial charge is 0.466 e. The van der Waals surface area contributed by atoms with Gasteiger partial charge < -0.3 is 18.5 Å². The number of rotatable bonds is 9. The number of hydrogen-bond acceptors (Lipinski definition) is 7. The third-order valence-corrected chi connectivity index (χ3v) is 4.92. The van der Waals surface area contributed by atoms with Gasteiger partial charge in [0.05, 0.1) is 39.0 Å². The van der Waals surface area contributed by atoms with Crippen LogP contribution >= 0.6 is 7.60 Å². The Balaban J connectivity index is 2.09. The van der Waals surface area contributed by atoms with Crippen molar-refractivity contribution < 1.29 is 32.7 Å². The van der Waals surface area contributed by atoms with Crippen molar-refractivity contribution in [2.45, 2.75) is 33.1 Å². The van der Waals surface area contributed by atoms with Crippen LogP contribution in [-0.2, 0) is 32.7 Å². The van der Waals surface area contributed by atoms with E-state index in [1.54, 1.807) is 0 Å². The maximum Gasteiger partial charge on any atom is 0.331 e. The lowest BCUT2D eigenvalue weighted by Gasteiger charge is -2.33. The molecule has 1 saturated heterocycles. The van der Waals surface area contributed by atoms with E-state index in [0.717, 1.165) is 6.08 Å². The van der Waals surface area contributed by atoms with Crippen molar-refractivity contribution >= 4 is 19.5 Å². The zero-order valence-electron chi connectivity index (χ0n) is 13.7. The number of carbonyl (C=O) groups is 2. The van der Waals surface area contributed by atoms with E-state index in [2.05, 4.69) is 6.58 Å². The Hall–Kier alpha value is -1.17. The van der Waals surface area contributed by atoms with Crippen LogP contribution in [0.25, 0.3) is 0 Å². The molecule has 0 spiro atoms. The van der Waals surface area contributed by atoms with Crippen LogP contribution in [0.5, 0.6) is 0 Å². The molecule has 0 aliphatic carbocycles. The summed E-state index contributed by atoms with van der Waals surface area (Å²) in [6.45, 7) is 8.38. The second-order valence-corrected chi connectivity index (χ2v) is 8.28. The average Bonchev–Trinajstić information content (AvgIpc) is 2.52. The third kappa shape index (κ3) is 8.30. The minimum Gasteiger partial charge on any atom is -0.466 e. The summed E-state index contributed by atoms with van der Waals surface area (Å²) < 4.78 is 32.6. The molecule has 1 fully saturated rings. The standard InChI is InChI=1S/C15H25O7P/c1-4-13(16)19-8-5-6-9-20-14(17)7-10-23(18)21-11-15(2,3)12-22-23/h4H,1,5-12H2,2-3H3. The van der Waals surface area contributed by atoms with Gasteiger partial charge in [-0.15, -0.1) is 0 Å². The molecule has 0 aromatic heterocycles. The number of esters is 2. The Labute approximate surface area is 136 Å². The SMILES string of the molecule is C=CC(=O)OCCCCOC(=O)CCP1(=O)OCC(C)(C)CO1. The van der Waals surface area contributed by atoms with Crippen LogP contribution in [0.4, 0.5) is 0 Å². The molecule has 8 heteroatoms. The van der Waals surface area contributed by atoms with Gasteiger partial charge in [0.15, 0.2) is 0 Å². The van der Waals surface area contributed by atoms with Crippen LogP contribution in [-0.4, -0.2) is 44.5 Å². The van der Waals surface area contributed by atoms with Crippen LogP contribution in [0.1, 0.15) is 33.1 Å². The van der Waals surface area contributed by atoms with E-state index < -0.39 is 19.5 Å². The molecule has 0 bridgehead atoms. The molecule has 0 atom stereocenters. The van der Waals surface area contributed by atoms with E-state index in [1.165, 1.54) is 0 Å². The summed E-state index contributed by atoms with van der Waals surface area (Å²) in [7, 11) is -3.18. The zero-order valence-corrected chi connectivity index (χ0v) is 14.6. The first-order chi connectivity index (χ1) is 10.8. The summed E-state index contributed by atoms with van der Waals surface area (Å²) >= 11 is 0. The van der Waals surface area contributed by atoms with Gasteiger partial charge in [-0.3, -0.25) is 9.36 Å².